The van der Waals surface area contributed by atoms with Gasteiger partial charge in [-0.1, -0.05) is 28.1 Å². The summed E-state index contributed by atoms with van der Waals surface area (Å²) in [5.74, 6) is -0.0975. The van der Waals surface area contributed by atoms with Crippen LogP contribution in [0, 0.1) is 6.92 Å². The highest BCUT2D eigenvalue weighted by Crippen LogP contribution is 2.20. The molecule has 0 saturated carbocycles. The van der Waals surface area contributed by atoms with Gasteiger partial charge in [0.25, 0.3) is 5.91 Å². The average Bonchev–Trinajstić information content (AvgIpc) is 2.41. The Bertz CT molecular complexity index is 638. The summed E-state index contributed by atoms with van der Waals surface area (Å²) in [5.41, 5.74) is 3.47. The lowest BCUT2D eigenvalue weighted by Crippen LogP contribution is -2.14. The molecule has 0 aromatic heterocycles. The standard InChI is InChI=1S/C16H17BrN2O/c1-11-7-8-12(17)9-15(11)16(20)18-13-5-4-6-14(10-13)19(2)3/h4-10H,1-3H3,(H,18,20). The molecule has 1 amide bonds. The predicted molar refractivity (Wildman–Crippen MR) is 87.6 cm³/mol. The molecule has 0 aliphatic rings. The van der Waals surface area contributed by atoms with E-state index in [1.165, 1.54) is 0 Å². The van der Waals surface area contributed by atoms with Gasteiger partial charge in [0.15, 0.2) is 0 Å². The summed E-state index contributed by atoms with van der Waals surface area (Å²) in [6, 6.07) is 13.5. The minimum absolute atomic E-state index is 0.0975. The van der Waals surface area contributed by atoms with E-state index >= 15 is 0 Å². The quantitative estimate of drug-likeness (QED) is 0.918. The van der Waals surface area contributed by atoms with Crippen LogP contribution >= 0.6 is 15.9 Å². The van der Waals surface area contributed by atoms with Crippen LogP contribution in [0.1, 0.15) is 15.9 Å². The normalized spacial score (nSPS) is 10.2. The van der Waals surface area contributed by atoms with Crippen molar-refractivity contribution in [3.63, 3.8) is 0 Å². The molecule has 0 aliphatic heterocycles. The number of anilines is 2. The number of halogens is 1. The molecule has 0 heterocycles. The minimum atomic E-state index is -0.0975. The highest BCUT2D eigenvalue weighted by Gasteiger charge is 2.10. The second-order valence-electron chi connectivity index (χ2n) is 4.86. The van der Waals surface area contributed by atoms with Crippen LogP contribution in [-0.2, 0) is 0 Å². The van der Waals surface area contributed by atoms with Gasteiger partial charge in [-0.05, 0) is 42.8 Å². The summed E-state index contributed by atoms with van der Waals surface area (Å²) in [6.07, 6.45) is 0. The molecule has 0 saturated heterocycles. The number of amides is 1. The first-order chi connectivity index (χ1) is 9.47. The van der Waals surface area contributed by atoms with Crippen LogP contribution < -0.4 is 10.2 Å². The monoisotopic (exact) mass is 332 g/mol. The summed E-state index contributed by atoms with van der Waals surface area (Å²) in [4.78, 5) is 14.3. The van der Waals surface area contributed by atoms with Crippen LogP contribution in [0.25, 0.3) is 0 Å². The molecule has 0 aliphatic carbocycles. The molecular weight excluding hydrogens is 316 g/mol. The van der Waals surface area contributed by atoms with E-state index in [9.17, 15) is 4.79 Å². The van der Waals surface area contributed by atoms with Gasteiger partial charge in [-0.25, -0.2) is 0 Å². The summed E-state index contributed by atoms with van der Waals surface area (Å²) >= 11 is 3.39. The molecule has 0 spiro atoms. The Labute approximate surface area is 127 Å². The molecule has 0 atom stereocenters. The van der Waals surface area contributed by atoms with Crippen molar-refractivity contribution in [2.24, 2.45) is 0 Å². The Kier molecular flexibility index (Phi) is 4.45. The summed E-state index contributed by atoms with van der Waals surface area (Å²) in [7, 11) is 3.94. The summed E-state index contributed by atoms with van der Waals surface area (Å²) < 4.78 is 0.898. The molecule has 0 unspecified atom stereocenters. The lowest BCUT2D eigenvalue weighted by atomic mass is 10.1. The van der Waals surface area contributed by atoms with Crippen LogP contribution in [0.2, 0.25) is 0 Å². The van der Waals surface area contributed by atoms with Crippen LogP contribution in [0.3, 0.4) is 0 Å². The zero-order valence-corrected chi connectivity index (χ0v) is 13.4. The zero-order chi connectivity index (χ0) is 14.7. The fourth-order valence-corrected chi connectivity index (χ4v) is 2.26. The van der Waals surface area contributed by atoms with Crippen molar-refractivity contribution in [2.75, 3.05) is 24.3 Å². The van der Waals surface area contributed by atoms with Crippen LogP contribution in [0.4, 0.5) is 11.4 Å². The Balaban J connectivity index is 2.23. The topological polar surface area (TPSA) is 32.3 Å². The van der Waals surface area contributed by atoms with Crippen LogP contribution in [0.5, 0.6) is 0 Å². The van der Waals surface area contributed by atoms with Crippen LogP contribution in [0.15, 0.2) is 46.9 Å². The number of nitrogens with zero attached hydrogens (tertiary/aromatic N) is 1. The van der Waals surface area contributed by atoms with Crippen LogP contribution in [-0.4, -0.2) is 20.0 Å². The van der Waals surface area contributed by atoms with Gasteiger partial charge < -0.3 is 10.2 Å². The predicted octanol–water partition coefficient (Wildman–Crippen LogP) is 4.08. The van der Waals surface area contributed by atoms with Gasteiger partial charge in [0.1, 0.15) is 0 Å². The Morgan fingerprint density at radius 1 is 1.15 bits per heavy atom. The molecule has 3 nitrogen and oxygen atoms in total. The van der Waals surface area contributed by atoms with Crippen molar-refractivity contribution in [2.45, 2.75) is 6.92 Å². The van der Waals surface area contributed by atoms with Gasteiger partial charge in [-0.15, -0.1) is 0 Å². The highest BCUT2D eigenvalue weighted by molar-refractivity contribution is 9.10. The summed E-state index contributed by atoms with van der Waals surface area (Å²) in [6.45, 7) is 1.93. The molecule has 2 aromatic carbocycles. The van der Waals surface area contributed by atoms with E-state index in [0.717, 1.165) is 21.4 Å². The molecule has 104 valence electrons. The van der Waals surface area contributed by atoms with Gasteiger partial charge in [0.2, 0.25) is 0 Å². The van der Waals surface area contributed by atoms with E-state index < -0.39 is 0 Å². The van der Waals surface area contributed by atoms with Crippen molar-refractivity contribution < 1.29 is 4.79 Å². The van der Waals surface area contributed by atoms with E-state index in [2.05, 4.69) is 21.2 Å². The number of hydrogen-bond acceptors (Lipinski definition) is 2. The third kappa shape index (κ3) is 3.39. The third-order valence-electron chi connectivity index (χ3n) is 3.06. The number of rotatable bonds is 3. The highest BCUT2D eigenvalue weighted by atomic mass is 79.9. The van der Waals surface area contributed by atoms with E-state index in [0.29, 0.717) is 5.56 Å². The fraction of sp³-hybridized carbons (Fsp3) is 0.188. The molecule has 4 heteroatoms. The molecule has 0 fully saturated rings. The maximum Gasteiger partial charge on any atom is 0.255 e. The van der Waals surface area contributed by atoms with Gasteiger partial charge in [-0.3, -0.25) is 4.79 Å². The maximum absolute atomic E-state index is 12.3. The van der Waals surface area contributed by atoms with Crippen molar-refractivity contribution in [3.05, 3.63) is 58.1 Å². The Morgan fingerprint density at radius 3 is 2.60 bits per heavy atom. The average molecular weight is 333 g/mol. The second kappa shape index (κ2) is 6.09. The number of nitrogens with one attached hydrogen (secondary N) is 1. The number of hydrogen-bond donors (Lipinski definition) is 1. The number of aryl methyl sites for hydroxylation is 1. The zero-order valence-electron chi connectivity index (χ0n) is 11.8. The Morgan fingerprint density at radius 2 is 1.90 bits per heavy atom. The second-order valence-corrected chi connectivity index (χ2v) is 5.77. The van der Waals surface area contributed by atoms with Gasteiger partial charge in [0.05, 0.1) is 0 Å². The van der Waals surface area contributed by atoms with E-state index in [-0.39, 0.29) is 5.91 Å². The van der Waals surface area contributed by atoms with Gasteiger partial charge in [-0.2, -0.15) is 0 Å². The molecule has 0 radical (unpaired) electrons. The van der Waals surface area contributed by atoms with Crippen molar-refractivity contribution in [3.8, 4) is 0 Å². The van der Waals surface area contributed by atoms with Gasteiger partial charge >= 0.3 is 0 Å². The molecule has 2 rings (SSSR count). The number of carbonyl (C=O) groups is 1. The summed E-state index contributed by atoms with van der Waals surface area (Å²) in [5, 5.41) is 2.94. The first-order valence-corrected chi connectivity index (χ1v) is 7.11. The SMILES string of the molecule is Cc1ccc(Br)cc1C(=O)Nc1cccc(N(C)C)c1. The van der Waals surface area contributed by atoms with Crippen molar-refractivity contribution >= 4 is 33.2 Å². The van der Waals surface area contributed by atoms with E-state index in [1.807, 2.05) is 68.4 Å². The first-order valence-electron chi connectivity index (χ1n) is 6.32. The maximum atomic E-state index is 12.3. The minimum Gasteiger partial charge on any atom is -0.378 e. The molecule has 2 aromatic rings. The number of carbonyl (C=O) groups excluding carboxylic acids is 1. The van der Waals surface area contributed by atoms with Gasteiger partial charge in [0, 0.05) is 35.5 Å². The van der Waals surface area contributed by atoms with E-state index in [4.69, 9.17) is 0 Å². The molecule has 0 bridgehead atoms. The number of benzene rings is 2. The van der Waals surface area contributed by atoms with E-state index in [1.54, 1.807) is 0 Å². The van der Waals surface area contributed by atoms with Crippen molar-refractivity contribution in [1.82, 2.24) is 0 Å². The first kappa shape index (κ1) is 14.6. The lowest BCUT2D eigenvalue weighted by Gasteiger charge is -2.14. The largest absolute Gasteiger partial charge is 0.378 e. The Hall–Kier alpha value is -1.81. The fourth-order valence-electron chi connectivity index (χ4n) is 1.90. The third-order valence-corrected chi connectivity index (χ3v) is 3.56. The lowest BCUT2D eigenvalue weighted by molar-refractivity contribution is 0.102. The molecule has 1 N–H and O–H groups in total. The molecule has 20 heavy (non-hydrogen) atoms. The van der Waals surface area contributed by atoms with Crippen molar-refractivity contribution in [1.29, 1.82) is 0 Å². The molecular formula is C16H17BrN2O. The smallest absolute Gasteiger partial charge is 0.255 e.